The van der Waals surface area contributed by atoms with E-state index in [0.29, 0.717) is 12.1 Å². The van der Waals surface area contributed by atoms with Gasteiger partial charge in [-0.1, -0.05) is 67.6 Å². The molecule has 6 nitrogen and oxygen atoms in total. The van der Waals surface area contributed by atoms with Gasteiger partial charge in [-0.25, -0.2) is 17.7 Å². The lowest BCUT2D eigenvalue weighted by Crippen LogP contribution is -2.24. The molecule has 3 aromatic carbocycles. The molecule has 1 heterocycles. The Morgan fingerprint density at radius 2 is 1.65 bits per heavy atom. The number of nitrogens with zero attached hydrogens (tertiary/aromatic N) is 3. The fourth-order valence-electron chi connectivity index (χ4n) is 4.20. The summed E-state index contributed by atoms with van der Waals surface area (Å²) >= 11 is 0. The second-order valence-electron chi connectivity index (χ2n) is 8.65. The highest BCUT2D eigenvalue weighted by atomic mass is 32.2. The second kappa shape index (κ2) is 10.5. The SMILES string of the molecule is CCCn1c(CNC(Cc2ccccc2)c2ccccc2)nc2cc(S(=O)(=O)N(C)C)ccc21. The first kappa shape index (κ1) is 24.1. The van der Waals surface area contributed by atoms with Crippen molar-refractivity contribution in [3.63, 3.8) is 0 Å². The lowest BCUT2D eigenvalue weighted by atomic mass is 9.99. The van der Waals surface area contributed by atoms with Crippen LogP contribution in [0.5, 0.6) is 0 Å². The van der Waals surface area contributed by atoms with Crippen molar-refractivity contribution in [2.45, 2.75) is 43.8 Å². The number of imidazole rings is 1. The molecule has 1 atom stereocenters. The maximum Gasteiger partial charge on any atom is 0.242 e. The standard InChI is InChI=1S/C27H32N4O2S/c1-4-17-31-26-16-15-23(34(32,33)30(2)3)19-25(26)29-27(31)20-28-24(22-13-9-6-10-14-22)18-21-11-7-5-8-12-21/h5-16,19,24,28H,4,17-18,20H2,1-3H3. The van der Waals surface area contributed by atoms with Gasteiger partial charge in [0.2, 0.25) is 10.0 Å². The molecule has 1 unspecified atom stereocenters. The molecular weight excluding hydrogens is 444 g/mol. The van der Waals surface area contributed by atoms with E-state index in [1.54, 1.807) is 26.2 Å². The monoisotopic (exact) mass is 476 g/mol. The Balaban J connectivity index is 1.65. The minimum atomic E-state index is -3.51. The van der Waals surface area contributed by atoms with Crippen molar-refractivity contribution in [2.24, 2.45) is 0 Å². The molecule has 7 heteroatoms. The maximum atomic E-state index is 12.6. The Morgan fingerprint density at radius 3 is 2.29 bits per heavy atom. The molecule has 1 N–H and O–H groups in total. The van der Waals surface area contributed by atoms with Crippen LogP contribution >= 0.6 is 0 Å². The summed E-state index contributed by atoms with van der Waals surface area (Å²) < 4.78 is 28.7. The van der Waals surface area contributed by atoms with Crippen LogP contribution in [0.3, 0.4) is 0 Å². The Labute approximate surface area is 202 Å². The van der Waals surface area contributed by atoms with Crippen LogP contribution in [0.4, 0.5) is 0 Å². The zero-order valence-corrected chi connectivity index (χ0v) is 20.8. The molecule has 0 saturated heterocycles. The average molecular weight is 477 g/mol. The molecule has 4 rings (SSSR count). The molecule has 1 aromatic heterocycles. The van der Waals surface area contributed by atoms with E-state index in [0.717, 1.165) is 30.7 Å². The number of fused-ring (bicyclic) bond motifs is 1. The Kier molecular flexibility index (Phi) is 7.46. The number of aromatic nitrogens is 2. The van der Waals surface area contributed by atoms with E-state index in [4.69, 9.17) is 4.98 Å². The third-order valence-corrected chi connectivity index (χ3v) is 7.83. The van der Waals surface area contributed by atoms with Crippen LogP contribution in [0.1, 0.15) is 36.3 Å². The molecular formula is C27H32N4O2S. The van der Waals surface area contributed by atoms with Crippen molar-refractivity contribution in [1.29, 1.82) is 0 Å². The van der Waals surface area contributed by atoms with Crippen LogP contribution in [0.15, 0.2) is 83.8 Å². The minimum Gasteiger partial charge on any atom is -0.327 e. The van der Waals surface area contributed by atoms with E-state index in [2.05, 4.69) is 65.3 Å². The molecule has 0 aliphatic heterocycles. The Morgan fingerprint density at radius 1 is 0.971 bits per heavy atom. The summed E-state index contributed by atoms with van der Waals surface area (Å²) in [5.41, 5.74) is 4.15. The number of nitrogens with one attached hydrogen (secondary N) is 1. The van der Waals surface area contributed by atoms with Crippen molar-refractivity contribution >= 4 is 21.1 Å². The van der Waals surface area contributed by atoms with Gasteiger partial charge in [-0.15, -0.1) is 0 Å². The first-order valence-corrected chi connectivity index (χ1v) is 13.1. The summed E-state index contributed by atoms with van der Waals surface area (Å²) in [7, 11) is -0.427. The van der Waals surface area contributed by atoms with E-state index in [9.17, 15) is 8.42 Å². The first-order chi connectivity index (χ1) is 16.4. The highest BCUT2D eigenvalue weighted by molar-refractivity contribution is 7.89. The zero-order chi connectivity index (χ0) is 24.1. The molecule has 0 amide bonds. The molecule has 34 heavy (non-hydrogen) atoms. The van der Waals surface area contributed by atoms with Gasteiger partial charge in [0.05, 0.1) is 22.5 Å². The maximum absolute atomic E-state index is 12.6. The summed E-state index contributed by atoms with van der Waals surface area (Å²) in [6.07, 6.45) is 1.83. The minimum absolute atomic E-state index is 0.128. The van der Waals surface area contributed by atoms with Crippen LogP contribution < -0.4 is 5.32 Å². The predicted octanol–water partition coefficient (Wildman–Crippen LogP) is 4.77. The Hall–Kier alpha value is -3.00. The van der Waals surface area contributed by atoms with Gasteiger partial charge in [-0.2, -0.15) is 0 Å². The molecule has 0 aliphatic carbocycles. The van der Waals surface area contributed by atoms with Crippen LogP contribution in [0.2, 0.25) is 0 Å². The number of benzene rings is 3. The van der Waals surface area contributed by atoms with Crippen LogP contribution in [0.25, 0.3) is 11.0 Å². The van der Waals surface area contributed by atoms with Crippen molar-refractivity contribution < 1.29 is 8.42 Å². The van der Waals surface area contributed by atoms with Crippen LogP contribution in [-0.4, -0.2) is 36.4 Å². The molecule has 0 radical (unpaired) electrons. The van der Waals surface area contributed by atoms with Crippen molar-refractivity contribution in [3.05, 3.63) is 95.8 Å². The molecule has 0 spiro atoms. The molecule has 0 aliphatic rings. The lowest BCUT2D eigenvalue weighted by molar-refractivity contribution is 0.504. The smallest absolute Gasteiger partial charge is 0.242 e. The van der Waals surface area contributed by atoms with E-state index >= 15 is 0 Å². The van der Waals surface area contributed by atoms with E-state index in [1.165, 1.54) is 15.4 Å². The average Bonchev–Trinajstić information content (AvgIpc) is 3.19. The fourth-order valence-corrected chi connectivity index (χ4v) is 5.12. The van der Waals surface area contributed by atoms with E-state index in [-0.39, 0.29) is 10.9 Å². The van der Waals surface area contributed by atoms with Gasteiger partial charge in [0.25, 0.3) is 0 Å². The topological polar surface area (TPSA) is 67.2 Å². The summed E-state index contributed by atoms with van der Waals surface area (Å²) in [5, 5.41) is 3.71. The molecule has 0 fully saturated rings. The van der Waals surface area contributed by atoms with Gasteiger partial charge in [-0.3, -0.25) is 0 Å². The highest BCUT2D eigenvalue weighted by Gasteiger charge is 2.20. The van der Waals surface area contributed by atoms with E-state index < -0.39 is 10.0 Å². The van der Waals surface area contributed by atoms with Gasteiger partial charge in [0.15, 0.2) is 0 Å². The van der Waals surface area contributed by atoms with Gasteiger partial charge < -0.3 is 9.88 Å². The number of aryl methyl sites for hydroxylation is 1. The van der Waals surface area contributed by atoms with Crippen LogP contribution in [-0.2, 0) is 29.5 Å². The van der Waals surface area contributed by atoms with Crippen molar-refractivity contribution in [3.8, 4) is 0 Å². The third-order valence-electron chi connectivity index (χ3n) is 6.02. The first-order valence-electron chi connectivity index (χ1n) is 11.6. The molecule has 0 bridgehead atoms. The molecule has 0 saturated carbocycles. The quantitative estimate of drug-likeness (QED) is 0.358. The van der Waals surface area contributed by atoms with Crippen LogP contribution in [0, 0.1) is 0 Å². The van der Waals surface area contributed by atoms with Gasteiger partial charge >= 0.3 is 0 Å². The Bertz CT molecular complexity index is 1330. The number of hydrogen-bond acceptors (Lipinski definition) is 4. The second-order valence-corrected chi connectivity index (χ2v) is 10.8. The third kappa shape index (κ3) is 5.22. The molecule has 178 valence electrons. The highest BCUT2D eigenvalue weighted by Crippen LogP contribution is 2.24. The molecule has 4 aromatic rings. The lowest BCUT2D eigenvalue weighted by Gasteiger charge is -2.20. The van der Waals surface area contributed by atoms with Crippen molar-refractivity contribution in [2.75, 3.05) is 14.1 Å². The summed E-state index contributed by atoms with van der Waals surface area (Å²) in [5.74, 6) is 0.908. The summed E-state index contributed by atoms with van der Waals surface area (Å²) in [4.78, 5) is 5.12. The van der Waals surface area contributed by atoms with Gasteiger partial charge in [0, 0.05) is 26.7 Å². The zero-order valence-electron chi connectivity index (χ0n) is 20.0. The number of sulfonamides is 1. The summed E-state index contributed by atoms with van der Waals surface area (Å²) in [6.45, 7) is 3.54. The predicted molar refractivity (Wildman–Crippen MR) is 137 cm³/mol. The van der Waals surface area contributed by atoms with Gasteiger partial charge in [-0.05, 0) is 42.2 Å². The van der Waals surface area contributed by atoms with Crippen molar-refractivity contribution in [1.82, 2.24) is 19.2 Å². The fraction of sp³-hybridized carbons (Fsp3) is 0.296. The number of hydrogen-bond donors (Lipinski definition) is 1. The number of rotatable bonds is 10. The summed E-state index contributed by atoms with van der Waals surface area (Å²) in [6, 6.07) is 26.3. The van der Waals surface area contributed by atoms with E-state index in [1.807, 2.05) is 18.2 Å². The largest absolute Gasteiger partial charge is 0.327 e. The van der Waals surface area contributed by atoms with Gasteiger partial charge in [0.1, 0.15) is 5.82 Å². The normalized spacial score (nSPS) is 12.9.